The third-order valence-corrected chi connectivity index (χ3v) is 4.98. The highest BCUT2D eigenvalue weighted by Gasteiger charge is 2.31. The number of nitrogens with zero attached hydrogens (tertiary/aromatic N) is 2. The van der Waals surface area contributed by atoms with Crippen molar-refractivity contribution in [1.29, 1.82) is 0 Å². The van der Waals surface area contributed by atoms with E-state index in [0.29, 0.717) is 16.8 Å². The maximum atomic E-state index is 12.6. The predicted molar refractivity (Wildman–Crippen MR) is 81.4 cm³/mol. The molecular formula is C13H16N4O4S. The average molecular weight is 324 g/mol. The first kappa shape index (κ1) is 16.0. The maximum Gasteiger partial charge on any atom is 0.293 e. The number of rotatable bonds is 4. The second kappa shape index (κ2) is 5.41. The molecule has 0 aliphatic rings. The minimum Gasteiger partial charge on any atom is -0.280 e. The van der Waals surface area contributed by atoms with Crippen molar-refractivity contribution in [3.63, 3.8) is 0 Å². The van der Waals surface area contributed by atoms with Gasteiger partial charge in [-0.25, -0.2) is 8.42 Å². The lowest BCUT2D eigenvalue weighted by Crippen LogP contribution is -2.17. The first-order valence-electron chi connectivity index (χ1n) is 6.44. The smallest absolute Gasteiger partial charge is 0.280 e. The van der Waals surface area contributed by atoms with E-state index < -0.39 is 20.6 Å². The zero-order valence-electron chi connectivity index (χ0n) is 12.6. The summed E-state index contributed by atoms with van der Waals surface area (Å²) in [5.74, 6) is 0.132. The molecule has 1 heterocycles. The summed E-state index contributed by atoms with van der Waals surface area (Å²) in [5.41, 5.74) is 1.52. The van der Waals surface area contributed by atoms with Crippen molar-refractivity contribution in [3.05, 3.63) is 44.6 Å². The van der Waals surface area contributed by atoms with E-state index in [4.69, 9.17) is 0 Å². The van der Waals surface area contributed by atoms with E-state index in [0.717, 1.165) is 0 Å². The molecule has 0 amide bonds. The lowest BCUT2D eigenvalue weighted by molar-refractivity contribution is -0.388. The quantitative estimate of drug-likeness (QED) is 0.661. The largest absolute Gasteiger partial charge is 0.293 e. The van der Waals surface area contributed by atoms with Crippen LogP contribution in [-0.2, 0) is 10.0 Å². The molecule has 2 rings (SSSR count). The van der Waals surface area contributed by atoms with Crippen molar-refractivity contribution in [2.75, 3.05) is 4.72 Å². The summed E-state index contributed by atoms with van der Waals surface area (Å²) in [6.45, 7) is 6.47. The molecule has 9 heteroatoms. The van der Waals surface area contributed by atoms with Crippen LogP contribution in [-0.4, -0.2) is 23.5 Å². The summed E-state index contributed by atoms with van der Waals surface area (Å²) in [4.78, 5) is 10.2. The number of benzene rings is 1. The summed E-state index contributed by atoms with van der Waals surface area (Å²) in [6, 6.07) is 3.07. The number of aromatic nitrogens is 2. The van der Waals surface area contributed by atoms with Crippen LogP contribution in [0.25, 0.3) is 0 Å². The van der Waals surface area contributed by atoms with Gasteiger partial charge in [-0.1, -0.05) is 12.1 Å². The topological polar surface area (TPSA) is 118 Å². The third kappa shape index (κ3) is 2.67. The Morgan fingerprint density at radius 3 is 2.27 bits per heavy atom. The fourth-order valence-corrected chi connectivity index (χ4v) is 3.64. The van der Waals surface area contributed by atoms with Crippen LogP contribution in [0.3, 0.4) is 0 Å². The fourth-order valence-electron chi connectivity index (χ4n) is 2.10. The number of nitro groups is 1. The van der Waals surface area contributed by atoms with Gasteiger partial charge in [-0.2, -0.15) is 5.10 Å². The molecule has 0 fully saturated rings. The van der Waals surface area contributed by atoms with Crippen LogP contribution in [0, 0.1) is 37.8 Å². The number of aromatic amines is 1. The number of nitrogens with one attached hydrogen (secondary N) is 2. The molecule has 0 radical (unpaired) electrons. The van der Waals surface area contributed by atoms with E-state index in [9.17, 15) is 18.5 Å². The van der Waals surface area contributed by atoms with Gasteiger partial charge in [0.2, 0.25) is 0 Å². The van der Waals surface area contributed by atoms with E-state index in [-0.39, 0.29) is 16.3 Å². The van der Waals surface area contributed by atoms with Crippen molar-refractivity contribution >= 4 is 21.5 Å². The summed E-state index contributed by atoms with van der Waals surface area (Å²) in [7, 11) is -4.13. The van der Waals surface area contributed by atoms with Gasteiger partial charge in [-0.15, -0.1) is 0 Å². The van der Waals surface area contributed by atoms with Crippen LogP contribution in [0.5, 0.6) is 0 Å². The highest BCUT2D eigenvalue weighted by atomic mass is 32.2. The minimum absolute atomic E-state index is 0.132. The maximum absolute atomic E-state index is 12.6. The van der Waals surface area contributed by atoms with Crippen LogP contribution in [0.15, 0.2) is 17.0 Å². The van der Waals surface area contributed by atoms with Gasteiger partial charge in [-0.3, -0.25) is 19.9 Å². The summed E-state index contributed by atoms with van der Waals surface area (Å²) in [5, 5.41) is 17.8. The van der Waals surface area contributed by atoms with Gasteiger partial charge in [0.15, 0.2) is 10.7 Å². The van der Waals surface area contributed by atoms with E-state index in [1.807, 2.05) is 0 Å². The molecule has 118 valence electrons. The predicted octanol–water partition coefficient (Wildman–Crippen LogP) is 2.35. The first-order valence-corrected chi connectivity index (χ1v) is 7.92. The molecule has 0 aliphatic carbocycles. The van der Waals surface area contributed by atoms with Crippen molar-refractivity contribution in [3.8, 4) is 0 Å². The minimum atomic E-state index is -4.13. The van der Waals surface area contributed by atoms with Crippen LogP contribution in [0.1, 0.15) is 22.4 Å². The van der Waals surface area contributed by atoms with Crippen LogP contribution >= 0.6 is 0 Å². The van der Waals surface area contributed by atoms with E-state index in [1.54, 1.807) is 19.9 Å². The van der Waals surface area contributed by atoms with E-state index in [2.05, 4.69) is 14.9 Å². The molecular weight excluding hydrogens is 308 g/mol. The normalized spacial score (nSPS) is 11.5. The van der Waals surface area contributed by atoms with E-state index in [1.165, 1.54) is 19.9 Å². The average Bonchev–Trinajstić information content (AvgIpc) is 2.72. The molecule has 0 saturated carbocycles. The molecule has 2 aromatic rings. The van der Waals surface area contributed by atoms with Crippen LogP contribution in [0.2, 0.25) is 0 Å². The molecule has 0 unspecified atom stereocenters. The lowest BCUT2D eigenvalue weighted by atomic mass is 10.1. The molecule has 0 saturated heterocycles. The zero-order chi connectivity index (χ0) is 16.7. The Hall–Kier alpha value is -2.42. The Balaban J connectivity index is 2.62. The highest BCUT2D eigenvalue weighted by molar-refractivity contribution is 7.93. The Morgan fingerprint density at radius 2 is 1.77 bits per heavy atom. The van der Waals surface area contributed by atoms with Gasteiger partial charge in [0.25, 0.3) is 15.7 Å². The first-order chi connectivity index (χ1) is 10.1. The van der Waals surface area contributed by atoms with Gasteiger partial charge in [-0.05, 0) is 33.3 Å². The van der Waals surface area contributed by atoms with Crippen molar-refractivity contribution in [2.24, 2.45) is 0 Å². The summed E-state index contributed by atoms with van der Waals surface area (Å²) in [6.07, 6.45) is 0. The lowest BCUT2D eigenvalue weighted by Gasteiger charge is -2.11. The number of aryl methyl sites for hydroxylation is 3. The van der Waals surface area contributed by atoms with E-state index >= 15 is 0 Å². The van der Waals surface area contributed by atoms with Gasteiger partial charge in [0.05, 0.1) is 4.92 Å². The molecule has 22 heavy (non-hydrogen) atoms. The Labute approximate surface area is 127 Å². The van der Waals surface area contributed by atoms with Crippen molar-refractivity contribution < 1.29 is 13.3 Å². The molecule has 0 spiro atoms. The van der Waals surface area contributed by atoms with Crippen molar-refractivity contribution in [1.82, 2.24) is 10.2 Å². The van der Waals surface area contributed by atoms with Crippen molar-refractivity contribution in [2.45, 2.75) is 32.6 Å². The standard InChI is InChI=1S/C13H16N4O4S/c1-7-5-6-8(2)12(11(7)17(18)19)22(20,21)16-13-9(3)10(4)14-15-13/h5-6H,1-4H3,(H2,14,15,16). The van der Waals surface area contributed by atoms with Crippen LogP contribution < -0.4 is 4.72 Å². The second-order valence-electron chi connectivity index (χ2n) is 5.06. The Kier molecular flexibility index (Phi) is 3.92. The fraction of sp³-hybridized carbons (Fsp3) is 0.308. The highest BCUT2D eigenvalue weighted by Crippen LogP contribution is 2.32. The SMILES string of the molecule is Cc1ccc(C)c(S(=O)(=O)Nc2n[nH]c(C)c2C)c1[N+](=O)[O-]. The van der Waals surface area contributed by atoms with Crippen LogP contribution in [0.4, 0.5) is 11.5 Å². The Bertz CT molecular complexity index is 855. The molecule has 1 aromatic heterocycles. The number of hydrogen-bond acceptors (Lipinski definition) is 5. The number of hydrogen-bond donors (Lipinski definition) is 2. The second-order valence-corrected chi connectivity index (χ2v) is 6.68. The zero-order valence-corrected chi connectivity index (χ0v) is 13.4. The molecule has 0 atom stereocenters. The number of H-pyrrole nitrogens is 1. The monoisotopic (exact) mass is 324 g/mol. The number of nitro benzene ring substituents is 1. The van der Waals surface area contributed by atoms with Gasteiger partial charge in [0.1, 0.15) is 0 Å². The molecule has 2 N–H and O–H groups in total. The number of sulfonamides is 1. The summed E-state index contributed by atoms with van der Waals surface area (Å²) >= 11 is 0. The van der Waals surface area contributed by atoms with Gasteiger partial charge >= 0.3 is 0 Å². The van der Waals surface area contributed by atoms with Gasteiger partial charge in [0, 0.05) is 16.8 Å². The third-order valence-electron chi connectivity index (χ3n) is 3.47. The molecule has 1 aromatic carbocycles. The van der Waals surface area contributed by atoms with Gasteiger partial charge < -0.3 is 0 Å². The molecule has 0 aliphatic heterocycles. The molecule has 0 bridgehead atoms. The summed E-state index contributed by atoms with van der Waals surface area (Å²) < 4.78 is 27.5. The molecule has 8 nitrogen and oxygen atoms in total. The number of anilines is 1. The Morgan fingerprint density at radius 1 is 1.18 bits per heavy atom.